The molecule has 8 saturated carbocycles. The Kier molecular flexibility index (Phi) is 29.5. The van der Waals surface area contributed by atoms with Crippen molar-refractivity contribution in [3.05, 3.63) is 157 Å². The van der Waals surface area contributed by atoms with E-state index in [9.17, 15) is 0 Å². The molecule has 8 aliphatic carbocycles. The van der Waals surface area contributed by atoms with Crippen LogP contribution in [0.15, 0.2) is 103 Å². The molecule has 24 unspecified atom stereocenters. The monoisotopic (exact) mass is 1450 g/mol. The van der Waals surface area contributed by atoms with Crippen LogP contribution in [0.5, 0.6) is 0 Å². The summed E-state index contributed by atoms with van der Waals surface area (Å²) in [4.78, 5) is 0. The molecule has 5 heteroatoms. The summed E-state index contributed by atoms with van der Waals surface area (Å²) in [7, 11) is 13.9. The van der Waals surface area contributed by atoms with E-state index in [2.05, 4.69) is 249 Å². The van der Waals surface area contributed by atoms with Crippen LogP contribution in [-0.2, 0) is 46.6 Å². The van der Waals surface area contributed by atoms with Gasteiger partial charge in [0, 0.05) is 26.1 Å². The van der Waals surface area contributed by atoms with Gasteiger partial charge in [0.15, 0.2) is 0 Å². The summed E-state index contributed by atoms with van der Waals surface area (Å²) in [5, 5.41) is 0. The van der Waals surface area contributed by atoms with Crippen molar-refractivity contribution in [1.82, 2.24) is 0 Å². The second-order valence-electron chi connectivity index (χ2n) is 39.0. The topological polar surface area (TPSA) is 18.5 Å². The van der Waals surface area contributed by atoms with Crippen molar-refractivity contribution in [1.29, 1.82) is 0 Å². The fourth-order valence-electron chi connectivity index (χ4n) is 23.4. The summed E-state index contributed by atoms with van der Waals surface area (Å²) in [5.74, 6) is 17.2. The maximum absolute atomic E-state index is 6.57. The van der Waals surface area contributed by atoms with Gasteiger partial charge in [0.1, 0.15) is 0 Å². The van der Waals surface area contributed by atoms with Crippen molar-refractivity contribution in [3.63, 3.8) is 0 Å². The molecule has 8 fully saturated rings. The first-order valence-corrected chi connectivity index (χ1v) is 45.9. The van der Waals surface area contributed by atoms with Crippen LogP contribution in [0.4, 0.5) is 0 Å². The summed E-state index contributed by atoms with van der Waals surface area (Å²) in [6.07, 6.45) is 21.7. The van der Waals surface area contributed by atoms with E-state index in [0.29, 0.717) is 35.9 Å². The number of ether oxygens (including phenoxy) is 2. The van der Waals surface area contributed by atoms with Gasteiger partial charge in [-0.05, 0) is 261 Å². The van der Waals surface area contributed by atoms with Gasteiger partial charge in [-0.15, -0.1) is 0 Å². The molecule has 0 saturated heterocycles. The van der Waals surface area contributed by atoms with Crippen LogP contribution in [0.3, 0.4) is 0 Å². The van der Waals surface area contributed by atoms with Crippen LogP contribution >= 0.6 is 17.0 Å². The first-order valence-electron chi connectivity index (χ1n) is 39.6. The summed E-state index contributed by atoms with van der Waals surface area (Å²) < 4.78 is 13.1. The van der Waals surface area contributed by atoms with Crippen LogP contribution in [0.1, 0.15) is 304 Å². The molecule has 0 N–H and O–H groups in total. The predicted molar refractivity (Wildman–Crippen MR) is 424 cm³/mol. The van der Waals surface area contributed by atoms with Crippen molar-refractivity contribution in [2.45, 2.75) is 294 Å². The van der Waals surface area contributed by atoms with E-state index in [1.54, 1.807) is 11.1 Å². The Morgan fingerprint density at radius 2 is 0.643 bits per heavy atom. The second kappa shape index (κ2) is 34.7. The third-order valence-electron chi connectivity index (χ3n) is 28.1. The van der Waals surface area contributed by atoms with Crippen LogP contribution in [0, 0.1) is 132 Å². The summed E-state index contributed by atoms with van der Waals surface area (Å²) >= 11 is -0.826. The molecule has 0 heterocycles. The van der Waals surface area contributed by atoms with Gasteiger partial charge < -0.3 is 24.3 Å². The maximum atomic E-state index is 6.57. The third kappa shape index (κ3) is 18.5. The van der Waals surface area contributed by atoms with E-state index < -0.39 is 20.8 Å². The van der Waals surface area contributed by atoms with Crippen molar-refractivity contribution < 1.29 is 30.3 Å². The van der Waals surface area contributed by atoms with Crippen molar-refractivity contribution in [2.24, 2.45) is 117 Å². The number of fused-ring (bicyclic) bond motifs is 4. The van der Waals surface area contributed by atoms with Crippen LogP contribution < -0.4 is 0 Å². The molecule has 2 nitrogen and oxygen atoms in total. The molecular weight excluding hydrogens is 1310 g/mol. The Balaban J connectivity index is 0.000000251. The second-order valence-corrected chi connectivity index (χ2v) is 42.8. The van der Waals surface area contributed by atoms with Gasteiger partial charge in [-0.1, -0.05) is 268 Å². The number of benzene rings is 4. The molecule has 0 bridgehead atoms. The first-order chi connectivity index (χ1) is 45.2. The summed E-state index contributed by atoms with van der Waals surface area (Å²) in [6, 6.07) is 41.0. The molecule has 0 amide bonds. The van der Waals surface area contributed by atoms with E-state index in [-0.39, 0.29) is 41.9 Å². The average molecular weight is 1460 g/mol. The zero-order chi connectivity index (χ0) is 70.1. The van der Waals surface area contributed by atoms with Gasteiger partial charge in [-0.3, -0.25) is 0 Å². The van der Waals surface area contributed by atoms with E-state index in [1.807, 2.05) is 14.2 Å². The molecule has 0 aliphatic heterocycles. The number of hydrogen-bond donors (Lipinski definition) is 0. The zero-order valence-electron chi connectivity index (χ0n) is 67.4. The van der Waals surface area contributed by atoms with Crippen molar-refractivity contribution >= 4 is 17.0 Å². The Morgan fingerprint density at radius 3 is 0.929 bits per heavy atom. The van der Waals surface area contributed by atoms with Crippen LogP contribution in [-0.4, -0.2) is 26.4 Å². The average Bonchev–Trinajstić information content (AvgIpc) is 1.14. The number of rotatable bonds is 10. The van der Waals surface area contributed by atoms with E-state index in [4.69, 9.17) is 26.5 Å². The SMILES string of the molecule is CCC.COC1C(c2ccc(C(C)(C)C)cc2)C2CC(C)C(CC3C(C)CC4C(c5ccc(C(C)(C)C)cc5)CCCC34)C2CC1C(C)(C)C.COC1C(c2ccccc2)C2CC(C)C(CC3C(C)CC4C(c5ccc(C(C)(C)C)cc5)CCCC34)C2CC1C(C)(C)C.[CH3-].[CH3-].[Cl][Zr+2][Cl]. The van der Waals surface area contributed by atoms with Gasteiger partial charge in [0.25, 0.3) is 0 Å². The molecule has 0 aromatic heterocycles. The van der Waals surface area contributed by atoms with E-state index in [1.165, 1.54) is 124 Å². The first kappa shape index (κ1) is 83.5. The molecule has 8 aliphatic rings. The van der Waals surface area contributed by atoms with E-state index >= 15 is 0 Å². The third-order valence-corrected chi connectivity index (χ3v) is 28.1. The van der Waals surface area contributed by atoms with Gasteiger partial charge in [0.05, 0.1) is 12.2 Å². The Labute approximate surface area is 624 Å². The molecule has 24 atom stereocenters. The number of hydrogen-bond acceptors (Lipinski definition) is 2. The quantitative estimate of drug-likeness (QED) is 0.147. The molecule has 98 heavy (non-hydrogen) atoms. The van der Waals surface area contributed by atoms with E-state index in [0.717, 1.165) is 107 Å². The fraction of sp³-hybridized carbons (Fsp3) is 0.720. The zero-order valence-corrected chi connectivity index (χ0v) is 71.3. The molecule has 0 radical (unpaired) electrons. The molecule has 4 aromatic carbocycles. The molecular formula is C93H146Cl2O2Zr. The predicted octanol–water partition coefficient (Wildman–Crippen LogP) is 27.6. The van der Waals surface area contributed by atoms with Gasteiger partial charge in [-0.25, -0.2) is 0 Å². The van der Waals surface area contributed by atoms with Gasteiger partial charge >= 0.3 is 37.9 Å². The molecule has 12 rings (SSSR count). The molecule has 4 aromatic rings. The fourth-order valence-corrected chi connectivity index (χ4v) is 23.4. The number of halogens is 2. The minimum atomic E-state index is -0.826. The van der Waals surface area contributed by atoms with Crippen LogP contribution in [0.25, 0.3) is 0 Å². The van der Waals surface area contributed by atoms with Crippen LogP contribution in [0.2, 0.25) is 0 Å². The summed E-state index contributed by atoms with van der Waals surface area (Å²) in [6.45, 7) is 50.7. The standard InChI is InChI=1S/C46H70O.C42H62O.C3H8.2CH3.2ClH.Zr/c1-28-24-38-34(30-16-20-32(21-17-30)44(3,4)5)14-13-15-35(38)36(28)26-37-29(2)25-40-39(37)27-41(46(9,10)11)43(47-12)42(40)31-18-22-33(23-19-31)45(6,7)8;1-26-22-35-31(28-18-20-30(21-19-28)41(3,4)5)16-13-17-32(35)33(26)24-34-27(2)23-37-36(34)25-38(42(6,7)8)40(43-9)39(37)29-14-11-10-12-15-29;1-3-2;;;;;/h16-23,28-29,34-43H,13-15,24-27H2,1-12H3;10-12,14-15,18-21,26-27,31-40H,13,16-17,22-25H2,1-9H3;3H2,1-2H3;2*1H3;2*1H;/q;;;2*-1;;;+4/p-2. The van der Waals surface area contributed by atoms with Crippen molar-refractivity contribution in [2.75, 3.05) is 14.2 Å². The number of methoxy groups -OCH3 is 2. The van der Waals surface area contributed by atoms with Gasteiger partial charge in [-0.2, -0.15) is 0 Å². The molecule has 0 spiro atoms. The van der Waals surface area contributed by atoms with Crippen molar-refractivity contribution in [3.8, 4) is 0 Å². The Hall–Kier alpha value is -1.74. The minimum absolute atomic E-state index is 0. The van der Waals surface area contributed by atoms with Gasteiger partial charge in [0.2, 0.25) is 0 Å². The summed E-state index contributed by atoms with van der Waals surface area (Å²) in [5.41, 5.74) is 11.8. The Bertz CT molecular complexity index is 2990. The molecule has 548 valence electrons. The Morgan fingerprint density at radius 1 is 0.367 bits per heavy atom. The normalized spacial score (nSPS) is 35.9.